The van der Waals surface area contributed by atoms with Crippen LogP contribution in [0.3, 0.4) is 0 Å². The molecule has 2 aromatic rings. The van der Waals surface area contributed by atoms with Crippen LogP contribution >= 0.6 is 11.8 Å². The number of carbonyl (C=O) groups is 1. The molecule has 1 aliphatic rings. The Morgan fingerprint density at radius 2 is 2.00 bits per heavy atom. The largest absolute Gasteiger partial charge is 0.330 e. The number of benzene rings is 1. The van der Waals surface area contributed by atoms with E-state index in [-0.39, 0.29) is 12.1 Å². The third kappa shape index (κ3) is 4.69. The van der Waals surface area contributed by atoms with Crippen molar-refractivity contribution < 1.29 is 4.79 Å². The molecule has 1 aromatic carbocycles. The first-order valence-corrected chi connectivity index (χ1v) is 8.20. The fourth-order valence-electron chi connectivity index (χ4n) is 2.01. The first-order chi connectivity index (χ1) is 11.3. The number of nitrogens with zero attached hydrogens (tertiary/aromatic N) is 2. The predicted octanol–water partition coefficient (Wildman–Crippen LogP) is 2.75. The minimum atomic E-state index is -0.223. The maximum absolute atomic E-state index is 11.9. The summed E-state index contributed by atoms with van der Waals surface area (Å²) in [6, 6.07) is 15.3. The van der Waals surface area contributed by atoms with E-state index >= 15 is 0 Å². The molecule has 0 aliphatic carbocycles. The second-order valence-electron chi connectivity index (χ2n) is 4.85. The summed E-state index contributed by atoms with van der Waals surface area (Å²) >= 11 is 1.56. The molecule has 0 spiro atoms. The summed E-state index contributed by atoms with van der Waals surface area (Å²) in [5.74, 6) is 1.30. The number of thioether (sulfide) groups is 1. The van der Waals surface area contributed by atoms with Crippen molar-refractivity contribution in [3.8, 4) is 0 Å². The average Bonchev–Trinajstić information content (AvgIpc) is 3.02. The molecule has 23 heavy (non-hydrogen) atoms. The fraction of sp³-hybridized carbons (Fsp3) is 0.118. The molecule has 116 valence electrons. The molecule has 0 bridgehead atoms. The van der Waals surface area contributed by atoms with Crippen LogP contribution in [0, 0.1) is 0 Å². The maximum Gasteiger partial charge on any atom is 0.245 e. The molecular formula is C17H16N4OS. The fourth-order valence-corrected chi connectivity index (χ4v) is 2.86. The normalized spacial score (nSPS) is 17.0. The molecular weight excluding hydrogens is 308 g/mol. The van der Waals surface area contributed by atoms with Crippen molar-refractivity contribution in [3.05, 3.63) is 66.4 Å². The van der Waals surface area contributed by atoms with E-state index in [2.05, 4.69) is 20.6 Å². The van der Waals surface area contributed by atoms with Gasteiger partial charge in [0.25, 0.3) is 0 Å². The van der Waals surface area contributed by atoms with E-state index in [0.29, 0.717) is 5.75 Å². The van der Waals surface area contributed by atoms with Crippen LogP contribution in [0.1, 0.15) is 5.56 Å². The molecule has 0 saturated heterocycles. The van der Waals surface area contributed by atoms with Crippen LogP contribution in [-0.2, 0) is 4.79 Å². The quantitative estimate of drug-likeness (QED) is 0.849. The number of hydrogen-bond acceptors (Lipinski definition) is 5. The number of pyridine rings is 1. The van der Waals surface area contributed by atoms with Crippen LogP contribution in [-0.4, -0.2) is 28.0 Å². The van der Waals surface area contributed by atoms with Gasteiger partial charge in [-0.25, -0.2) is 9.98 Å². The minimum absolute atomic E-state index is 0.151. The van der Waals surface area contributed by atoms with Crippen LogP contribution in [0.5, 0.6) is 0 Å². The predicted molar refractivity (Wildman–Crippen MR) is 95.2 cm³/mol. The first-order valence-electron chi connectivity index (χ1n) is 7.22. The van der Waals surface area contributed by atoms with Gasteiger partial charge in [0.05, 0.1) is 0 Å². The van der Waals surface area contributed by atoms with E-state index in [1.807, 2.05) is 48.5 Å². The van der Waals surface area contributed by atoms with Crippen molar-refractivity contribution in [1.82, 2.24) is 10.3 Å². The van der Waals surface area contributed by atoms with Gasteiger partial charge in [0.2, 0.25) is 5.91 Å². The highest BCUT2D eigenvalue weighted by Gasteiger charge is 2.19. The Hall–Kier alpha value is -2.60. The van der Waals surface area contributed by atoms with E-state index in [1.54, 1.807) is 24.0 Å². The molecule has 0 fully saturated rings. The lowest BCUT2D eigenvalue weighted by Crippen LogP contribution is -2.32. The number of anilines is 1. The molecule has 1 aromatic heterocycles. The number of hydrogen-bond donors (Lipinski definition) is 2. The molecule has 1 unspecified atom stereocenters. The summed E-state index contributed by atoms with van der Waals surface area (Å²) in [5, 5.41) is 6.77. The highest BCUT2D eigenvalue weighted by atomic mass is 32.2. The summed E-state index contributed by atoms with van der Waals surface area (Å²) in [5.41, 5.74) is 0.990. The Morgan fingerprint density at radius 3 is 2.78 bits per heavy atom. The van der Waals surface area contributed by atoms with Gasteiger partial charge in [0.15, 0.2) is 5.17 Å². The summed E-state index contributed by atoms with van der Waals surface area (Å²) in [6.07, 6.45) is 4.81. The molecule has 2 N–H and O–H groups in total. The Bertz CT molecular complexity index is 716. The SMILES string of the molecule is O=C(/C=C/c1ccccc1)NC1CSC(Nc2ccccn2)=N1. The van der Waals surface area contributed by atoms with Gasteiger partial charge < -0.3 is 10.6 Å². The Balaban J connectivity index is 1.52. The van der Waals surface area contributed by atoms with Crippen molar-refractivity contribution >= 4 is 34.7 Å². The molecule has 1 atom stereocenters. The van der Waals surface area contributed by atoms with Crippen molar-refractivity contribution in [2.24, 2.45) is 4.99 Å². The van der Waals surface area contributed by atoms with Crippen molar-refractivity contribution in [2.45, 2.75) is 6.17 Å². The van der Waals surface area contributed by atoms with Gasteiger partial charge in [0.1, 0.15) is 12.0 Å². The zero-order valence-corrected chi connectivity index (χ0v) is 13.2. The molecule has 1 aliphatic heterocycles. The van der Waals surface area contributed by atoms with E-state index in [4.69, 9.17) is 0 Å². The third-order valence-corrected chi connectivity index (χ3v) is 4.05. The van der Waals surface area contributed by atoms with Crippen LogP contribution in [0.4, 0.5) is 5.82 Å². The van der Waals surface area contributed by atoms with Gasteiger partial charge >= 0.3 is 0 Å². The smallest absolute Gasteiger partial charge is 0.245 e. The van der Waals surface area contributed by atoms with Gasteiger partial charge in [-0.2, -0.15) is 0 Å². The number of aliphatic imine (C=N–C) groups is 1. The van der Waals surface area contributed by atoms with E-state index in [0.717, 1.165) is 16.5 Å². The molecule has 2 heterocycles. The van der Waals surface area contributed by atoms with Gasteiger partial charge in [-0.3, -0.25) is 4.79 Å². The van der Waals surface area contributed by atoms with Crippen molar-refractivity contribution in [1.29, 1.82) is 0 Å². The lowest BCUT2D eigenvalue weighted by Gasteiger charge is -2.05. The number of rotatable bonds is 4. The molecule has 6 heteroatoms. The summed E-state index contributed by atoms with van der Waals surface area (Å²) in [7, 11) is 0. The van der Waals surface area contributed by atoms with Crippen LogP contribution in [0.25, 0.3) is 6.08 Å². The summed E-state index contributed by atoms with van der Waals surface area (Å²) in [4.78, 5) is 20.6. The molecule has 1 amide bonds. The van der Waals surface area contributed by atoms with E-state index in [1.165, 1.54) is 6.08 Å². The van der Waals surface area contributed by atoms with Gasteiger partial charge in [0, 0.05) is 18.0 Å². The van der Waals surface area contributed by atoms with E-state index < -0.39 is 0 Å². The molecule has 0 saturated carbocycles. The van der Waals surface area contributed by atoms with Crippen LogP contribution in [0.2, 0.25) is 0 Å². The lowest BCUT2D eigenvalue weighted by atomic mass is 10.2. The standard InChI is InChI=1S/C17H16N4OS/c22-16(10-9-13-6-2-1-3-7-13)19-15-12-23-17(21-15)20-14-8-4-5-11-18-14/h1-11,15H,12H2,(H,19,22)(H,18,20,21)/b10-9+. The average molecular weight is 324 g/mol. The third-order valence-electron chi connectivity index (χ3n) is 3.09. The first kappa shape index (κ1) is 15.3. The Labute approximate surface area is 138 Å². The van der Waals surface area contributed by atoms with Gasteiger partial charge in [-0.05, 0) is 23.8 Å². The second-order valence-corrected chi connectivity index (χ2v) is 5.86. The zero-order valence-electron chi connectivity index (χ0n) is 12.3. The maximum atomic E-state index is 11.9. The highest BCUT2D eigenvalue weighted by molar-refractivity contribution is 8.14. The lowest BCUT2D eigenvalue weighted by molar-refractivity contribution is -0.116. The van der Waals surface area contributed by atoms with Gasteiger partial charge in [-0.15, -0.1) is 0 Å². The number of aromatic nitrogens is 1. The number of carbonyl (C=O) groups excluding carboxylic acids is 1. The monoisotopic (exact) mass is 324 g/mol. The van der Waals surface area contributed by atoms with Crippen LogP contribution < -0.4 is 10.6 Å². The number of amides is 1. The summed E-state index contributed by atoms with van der Waals surface area (Å²) in [6.45, 7) is 0. The second kappa shape index (κ2) is 7.60. The van der Waals surface area contributed by atoms with Gasteiger partial charge in [-0.1, -0.05) is 48.2 Å². The summed E-state index contributed by atoms with van der Waals surface area (Å²) < 4.78 is 0. The van der Waals surface area contributed by atoms with E-state index in [9.17, 15) is 4.79 Å². The Kier molecular flexibility index (Phi) is 5.06. The van der Waals surface area contributed by atoms with Crippen LogP contribution in [0.15, 0.2) is 65.8 Å². The molecule has 5 nitrogen and oxygen atoms in total. The zero-order chi connectivity index (χ0) is 15.9. The molecule has 0 radical (unpaired) electrons. The highest BCUT2D eigenvalue weighted by Crippen LogP contribution is 2.18. The van der Waals surface area contributed by atoms with Crippen molar-refractivity contribution in [2.75, 3.05) is 11.1 Å². The number of amidine groups is 1. The topological polar surface area (TPSA) is 66.4 Å². The van der Waals surface area contributed by atoms with Crippen molar-refractivity contribution in [3.63, 3.8) is 0 Å². The number of nitrogens with one attached hydrogen (secondary N) is 2. The minimum Gasteiger partial charge on any atom is -0.330 e. The molecule has 3 rings (SSSR count). The Morgan fingerprint density at radius 1 is 1.17 bits per heavy atom.